The topological polar surface area (TPSA) is 102 Å². The third-order valence-corrected chi connectivity index (χ3v) is 9.58. The average molecular weight is 665 g/mol. The SMILES string of the molecule is CCOc1cc(/C=c2/sc3n(c2=O)[C@@H](c2ccc(C(C)C)cc2)C(C(=O)Nc2ccccc2)=C(C)N=3)ccc1OCC(=O)N1CCCC1. The lowest BCUT2D eigenvalue weighted by Crippen LogP contribution is -2.40. The molecule has 9 nitrogen and oxygen atoms in total. The highest BCUT2D eigenvalue weighted by molar-refractivity contribution is 7.07. The number of nitrogens with one attached hydrogen (secondary N) is 1. The third kappa shape index (κ3) is 6.99. The smallest absolute Gasteiger partial charge is 0.271 e. The molecular formula is C38H40N4O5S. The van der Waals surface area contributed by atoms with E-state index in [1.807, 2.05) is 73.3 Å². The number of benzene rings is 3. The zero-order chi connectivity index (χ0) is 33.8. The molecule has 2 aliphatic heterocycles. The first-order valence-electron chi connectivity index (χ1n) is 16.4. The Morgan fingerprint density at radius 3 is 2.42 bits per heavy atom. The van der Waals surface area contributed by atoms with Crippen LogP contribution in [0, 0.1) is 0 Å². The average Bonchev–Trinajstić information content (AvgIpc) is 3.73. The Morgan fingerprint density at radius 1 is 1.00 bits per heavy atom. The van der Waals surface area contributed by atoms with Gasteiger partial charge in [0.1, 0.15) is 0 Å². The Bertz CT molecular complexity index is 2020. The molecule has 0 aliphatic carbocycles. The number of likely N-dealkylation sites (tertiary alicyclic amines) is 1. The van der Waals surface area contributed by atoms with Gasteiger partial charge in [0.05, 0.1) is 28.5 Å². The van der Waals surface area contributed by atoms with Gasteiger partial charge in [0.25, 0.3) is 17.4 Å². The predicted octanol–water partition coefficient (Wildman–Crippen LogP) is 5.40. The summed E-state index contributed by atoms with van der Waals surface area (Å²) in [6.45, 7) is 9.83. The normalized spacial score (nSPS) is 16.1. The van der Waals surface area contributed by atoms with Crippen LogP contribution in [-0.2, 0) is 9.59 Å². The number of carbonyl (C=O) groups is 2. The number of ether oxygens (including phenoxy) is 2. The number of hydrogen-bond acceptors (Lipinski definition) is 7. The second-order valence-corrected chi connectivity index (χ2v) is 13.2. The fourth-order valence-electron chi connectivity index (χ4n) is 6.06. The number of hydrogen-bond donors (Lipinski definition) is 1. The van der Waals surface area contributed by atoms with Crippen molar-refractivity contribution >= 4 is 34.9 Å². The number of amides is 2. The van der Waals surface area contributed by atoms with Gasteiger partial charge in [-0.3, -0.25) is 19.0 Å². The molecule has 2 amide bonds. The zero-order valence-corrected chi connectivity index (χ0v) is 28.5. The van der Waals surface area contributed by atoms with E-state index in [1.54, 1.807) is 16.7 Å². The minimum atomic E-state index is -0.670. The Hall–Kier alpha value is -4.96. The first-order valence-corrected chi connectivity index (χ1v) is 17.2. The van der Waals surface area contributed by atoms with Crippen molar-refractivity contribution in [1.29, 1.82) is 0 Å². The van der Waals surface area contributed by atoms with Gasteiger partial charge in [-0.25, -0.2) is 4.99 Å². The van der Waals surface area contributed by atoms with E-state index in [0.29, 0.717) is 50.3 Å². The summed E-state index contributed by atoms with van der Waals surface area (Å²) in [5, 5.41) is 3.00. The minimum Gasteiger partial charge on any atom is -0.490 e. The van der Waals surface area contributed by atoms with Crippen molar-refractivity contribution in [1.82, 2.24) is 9.47 Å². The lowest BCUT2D eigenvalue weighted by atomic mass is 9.93. The summed E-state index contributed by atoms with van der Waals surface area (Å²) >= 11 is 1.28. The Balaban J connectivity index is 1.37. The molecule has 0 radical (unpaired) electrons. The van der Waals surface area contributed by atoms with Crippen LogP contribution in [0.15, 0.2) is 93.9 Å². The van der Waals surface area contributed by atoms with Crippen LogP contribution in [0.5, 0.6) is 11.5 Å². The van der Waals surface area contributed by atoms with E-state index < -0.39 is 6.04 Å². The molecule has 0 spiro atoms. The maximum atomic E-state index is 14.2. The van der Waals surface area contributed by atoms with Crippen LogP contribution in [0.25, 0.3) is 6.08 Å². The van der Waals surface area contributed by atoms with Gasteiger partial charge in [0, 0.05) is 18.8 Å². The van der Waals surface area contributed by atoms with E-state index in [2.05, 4.69) is 31.3 Å². The second-order valence-electron chi connectivity index (χ2n) is 12.2. The number of fused-ring (bicyclic) bond motifs is 1. The molecule has 0 unspecified atom stereocenters. The maximum absolute atomic E-state index is 14.2. The monoisotopic (exact) mass is 664 g/mol. The van der Waals surface area contributed by atoms with Crippen molar-refractivity contribution in [2.75, 3.05) is 31.6 Å². The van der Waals surface area contributed by atoms with E-state index >= 15 is 0 Å². The highest BCUT2D eigenvalue weighted by Crippen LogP contribution is 2.32. The summed E-state index contributed by atoms with van der Waals surface area (Å²) in [5.41, 5.74) is 4.10. The molecule has 248 valence electrons. The molecule has 1 saturated heterocycles. The molecule has 6 rings (SSSR count). The zero-order valence-electron chi connectivity index (χ0n) is 27.7. The highest BCUT2D eigenvalue weighted by Gasteiger charge is 2.32. The molecule has 10 heteroatoms. The predicted molar refractivity (Wildman–Crippen MR) is 188 cm³/mol. The minimum absolute atomic E-state index is 0.0411. The molecule has 1 atom stereocenters. The number of carbonyl (C=O) groups excluding carboxylic acids is 2. The van der Waals surface area contributed by atoms with Crippen LogP contribution in [0.1, 0.15) is 69.2 Å². The number of para-hydroxylation sites is 1. The largest absolute Gasteiger partial charge is 0.490 e. The van der Waals surface area contributed by atoms with Crippen molar-refractivity contribution < 1.29 is 19.1 Å². The van der Waals surface area contributed by atoms with Crippen LogP contribution < -0.4 is 29.7 Å². The highest BCUT2D eigenvalue weighted by atomic mass is 32.1. The molecule has 0 bridgehead atoms. The van der Waals surface area contributed by atoms with Crippen LogP contribution >= 0.6 is 11.3 Å². The second kappa shape index (κ2) is 14.4. The molecular weight excluding hydrogens is 625 g/mol. The van der Waals surface area contributed by atoms with E-state index in [-0.39, 0.29) is 24.0 Å². The van der Waals surface area contributed by atoms with E-state index in [4.69, 9.17) is 14.5 Å². The number of aromatic nitrogens is 1. The van der Waals surface area contributed by atoms with Gasteiger partial charge in [0.2, 0.25) is 0 Å². The lowest BCUT2D eigenvalue weighted by Gasteiger charge is -2.25. The van der Waals surface area contributed by atoms with E-state index in [0.717, 1.165) is 37.1 Å². The first kappa shape index (κ1) is 33.0. The Labute approximate surface area is 283 Å². The van der Waals surface area contributed by atoms with Gasteiger partial charge < -0.3 is 19.7 Å². The fraction of sp³-hybridized carbons (Fsp3) is 0.316. The standard InChI is InChI=1S/C38H40N4O5S/c1-5-46-31-21-26(13-18-30(31)47-23-33(43)41-19-9-10-20-41)22-32-37(45)42-35(28-16-14-27(15-17-28)24(2)3)34(25(4)39-38(42)48-32)36(44)40-29-11-7-6-8-12-29/h6-8,11-18,21-22,24,35H,5,9-10,19-20,23H2,1-4H3,(H,40,44)/b32-22+/t35-/m0/s1. The Morgan fingerprint density at radius 2 is 1.73 bits per heavy atom. The van der Waals surface area contributed by atoms with Gasteiger partial charge in [-0.2, -0.15) is 0 Å². The summed E-state index contributed by atoms with van der Waals surface area (Å²) in [7, 11) is 0. The number of allylic oxidation sites excluding steroid dienone is 1. The van der Waals surface area contributed by atoms with E-state index in [1.165, 1.54) is 16.9 Å². The molecule has 3 heterocycles. The molecule has 3 aromatic carbocycles. The summed E-state index contributed by atoms with van der Waals surface area (Å²) in [6, 6.07) is 22.1. The summed E-state index contributed by atoms with van der Waals surface area (Å²) in [6.07, 6.45) is 3.83. The summed E-state index contributed by atoms with van der Waals surface area (Å²) in [5.74, 6) is 0.947. The lowest BCUT2D eigenvalue weighted by molar-refractivity contribution is -0.132. The number of nitrogens with zero attached hydrogens (tertiary/aromatic N) is 3. The first-order chi connectivity index (χ1) is 23.2. The molecule has 4 aromatic rings. The van der Waals surface area contributed by atoms with E-state index in [9.17, 15) is 14.4 Å². The van der Waals surface area contributed by atoms with Crippen molar-refractivity contribution in [2.24, 2.45) is 4.99 Å². The van der Waals surface area contributed by atoms with Gasteiger partial charge in [0.15, 0.2) is 22.9 Å². The van der Waals surface area contributed by atoms with Crippen molar-refractivity contribution in [3.05, 3.63) is 120 Å². The van der Waals surface area contributed by atoms with Crippen LogP contribution in [0.3, 0.4) is 0 Å². The third-order valence-electron chi connectivity index (χ3n) is 8.59. The Kier molecular flexibility index (Phi) is 9.91. The molecule has 1 fully saturated rings. The van der Waals surface area contributed by atoms with Crippen LogP contribution in [-0.4, -0.2) is 47.6 Å². The quantitative estimate of drug-likeness (QED) is 0.245. The molecule has 2 aliphatic rings. The fourth-order valence-corrected chi connectivity index (χ4v) is 7.11. The number of rotatable bonds is 10. The van der Waals surface area contributed by atoms with Gasteiger partial charge >= 0.3 is 0 Å². The number of anilines is 1. The number of thiazole rings is 1. The van der Waals surface area contributed by atoms with Crippen LogP contribution in [0.4, 0.5) is 5.69 Å². The molecule has 0 saturated carbocycles. The maximum Gasteiger partial charge on any atom is 0.271 e. The summed E-state index contributed by atoms with van der Waals surface area (Å²) < 4.78 is 13.8. The van der Waals surface area contributed by atoms with Crippen LogP contribution in [0.2, 0.25) is 0 Å². The van der Waals surface area contributed by atoms with Gasteiger partial charge in [-0.15, -0.1) is 0 Å². The summed E-state index contributed by atoms with van der Waals surface area (Å²) in [4.78, 5) is 47.7. The molecule has 1 aromatic heterocycles. The van der Waals surface area contributed by atoms with Gasteiger partial charge in [-0.1, -0.05) is 73.7 Å². The van der Waals surface area contributed by atoms with Crippen molar-refractivity contribution in [3.63, 3.8) is 0 Å². The van der Waals surface area contributed by atoms with Crippen molar-refractivity contribution in [2.45, 2.75) is 52.5 Å². The van der Waals surface area contributed by atoms with Crippen molar-refractivity contribution in [3.8, 4) is 11.5 Å². The van der Waals surface area contributed by atoms with Gasteiger partial charge in [-0.05, 0) is 79.6 Å². The molecule has 1 N–H and O–H groups in total. The molecule has 48 heavy (non-hydrogen) atoms.